The van der Waals surface area contributed by atoms with E-state index in [-0.39, 0.29) is 5.41 Å². The minimum atomic E-state index is 0.258. The van der Waals surface area contributed by atoms with E-state index in [4.69, 9.17) is 0 Å². The Hall–Kier alpha value is -1.04. The lowest BCUT2D eigenvalue weighted by Gasteiger charge is -2.11. The van der Waals surface area contributed by atoms with Crippen molar-refractivity contribution in [2.24, 2.45) is 11.3 Å². The van der Waals surface area contributed by atoms with E-state index in [0.717, 1.165) is 12.3 Å². The van der Waals surface area contributed by atoms with E-state index < -0.39 is 0 Å². The number of hydrogen-bond donors (Lipinski definition) is 0. The lowest BCUT2D eigenvalue weighted by Crippen LogP contribution is -1.98. The Kier molecular flexibility index (Phi) is 4.35. The molecule has 0 heterocycles. The van der Waals surface area contributed by atoms with E-state index in [0.29, 0.717) is 0 Å². The van der Waals surface area contributed by atoms with Crippen LogP contribution in [0.2, 0.25) is 0 Å². The highest BCUT2D eigenvalue weighted by Crippen LogP contribution is 2.18. The molecule has 1 rings (SSSR count). The Morgan fingerprint density at radius 2 is 1.88 bits per heavy atom. The number of hydrogen-bond acceptors (Lipinski definition) is 0. The SMILES string of the molecule is CC(C)Cc1cccc(/C=C/C(C)(C)C)c1. The van der Waals surface area contributed by atoms with Crippen LogP contribution in [0, 0.1) is 11.3 Å². The third-order valence-electron chi connectivity index (χ3n) is 2.37. The maximum Gasteiger partial charge on any atom is -0.0200 e. The first-order valence-electron chi connectivity index (χ1n) is 6.15. The van der Waals surface area contributed by atoms with Crippen molar-refractivity contribution in [1.82, 2.24) is 0 Å². The van der Waals surface area contributed by atoms with Crippen molar-refractivity contribution in [2.45, 2.75) is 41.0 Å². The second kappa shape index (κ2) is 5.34. The highest BCUT2D eigenvalue weighted by atomic mass is 14.1. The molecule has 0 aromatic heterocycles. The zero-order valence-corrected chi connectivity index (χ0v) is 11.2. The Labute approximate surface area is 100 Å². The van der Waals surface area contributed by atoms with E-state index >= 15 is 0 Å². The van der Waals surface area contributed by atoms with E-state index in [9.17, 15) is 0 Å². The molecule has 0 N–H and O–H groups in total. The fourth-order valence-corrected chi connectivity index (χ4v) is 1.64. The molecule has 0 nitrogen and oxygen atoms in total. The molecule has 0 heteroatoms. The third kappa shape index (κ3) is 5.16. The van der Waals surface area contributed by atoms with Crippen molar-refractivity contribution in [2.75, 3.05) is 0 Å². The van der Waals surface area contributed by atoms with Gasteiger partial charge in [-0.05, 0) is 28.9 Å². The van der Waals surface area contributed by atoms with Gasteiger partial charge < -0.3 is 0 Å². The average molecular weight is 216 g/mol. The second-order valence-corrected chi connectivity index (χ2v) is 6.04. The second-order valence-electron chi connectivity index (χ2n) is 6.04. The topological polar surface area (TPSA) is 0 Å². The van der Waals surface area contributed by atoms with Gasteiger partial charge in [0.25, 0.3) is 0 Å². The number of allylic oxidation sites excluding steroid dienone is 1. The van der Waals surface area contributed by atoms with Gasteiger partial charge in [-0.25, -0.2) is 0 Å². The molecule has 0 radical (unpaired) electrons. The predicted molar refractivity (Wildman–Crippen MR) is 73.5 cm³/mol. The van der Waals surface area contributed by atoms with Gasteiger partial charge in [-0.3, -0.25) is 0 Å². The first-order valence-corrected chi connectivity index (χ1v) is 6.15. The lowest BCUT2D eigenvalue weighted by molar-refractivity contribution is 0.547. The summed E-state index contributed by atoms with van der Waals surface area (Å²) in [6.45, 7) is 11.2. The van der Waals surface area contributed by atoms with Crippen molar-refractivity contribution < 1.29 is 0 Å². The summed E-state index contributed by atoms with van der Waals surface area (Å²) in [5, 5.41) is 0. The van der Waals surface area contributed by atoms with Crippen LogP contribution in [0.25, 0.3) is 6.08 Å². The normalized spacial score (nSPS) is 12.6. The standard InChI is InChI=1S/C16H24/c1-13(2)11-15-8-6-7-14(12-15)9-10-16(3,4)5/h6-10,12-13H,11H2,1-5H3/b10-9+. The number of benzene rings is 1. The lowest BCUT2D eigenvalue weighted by atomic mass is 9.94. The molecule has 0 fully saturated rings. The van der Waals surface area contributed by atoms with Gasteiger partial charge in [0, 0.05) is 0 Å². The molecule has 0 aliphatic heterocycles. The van der Waals surface area contributed by atoms with Gasteiger partial charge in [0.2, 0.25) is 0 Å². The highest BCUT2D eigenvalue weighted by molar-refractivity contribution is 5.51. The van der Waals surface area contributed by atoms with Crippen LogP contribution in [0.15, 0.2) is 30.3 Å². The molecular formula is C16H24. The molecule has 0 amide bonds. The largest absolute Gasteiger partial charge is 0.0785 e. The first kappa shape index (κ1) is 13.0. The minimum Gasteiger partial charge on any atom is -0.0785 e. The predicted octanol–water partition coefficient (Wildman–Crippen LogP) is 4.94. The first-order chi connectivity index (χ1) is 7.37. The molecule has 0 spiro atoms. The molecule has 0 unspecified atom stereocenters. The molecule has 0 bridgehead atoms. The smallest absolute Gasteiger partial charge is 0.0200 e. The van der Waals surface area contributed by atoms with Gasteiger partial charge in [0.1, 0.15) is 0 Å². The average Bonchev–Trinajstić information content (AvgIpc) is 2.13. The van der Waals surface area contributed by atoms with Gasteiger partial charge in [0.15, 0.2) is 0 Å². The molecule has 0 saturated carbocycles. The maximum absolute atomic E-state index is 2.29. The minimum absolute atomic E-state index is 0.258. The van der Waals surface area contributed by atoms with Crippen molar-refractivity contribution in [3.05, 3.63) is 41.5 Å². The van der Waals surface area contributed by atoms with Crippen LogP contribution in [0.4, 0.5) is 0 Å². The monoisotopic (exact) mass is 216 g/mol. The third-order valence-corrected chi connectivity index (χ3v) is 2.37. The van der Waals surface area contributed by atoms with Gasteiger partial charge in [-0.2, -0.15) is 0 Å². The van der Waals surface area contributed by atoms with Crippen LogP contribution in [-0.2, 0) is 6.42 Å². The molecule has 16 heavy (non-hydrogen) atoms. The molecule has 0 aliphatic carbocycles. The Morgan fingerprint density at radius 3 is 2.44 bits per heavy atom. The molecular weight excluding hydrogens is 192 g/mol. The van der Waals surface area contributed by atoms with Gasteiger partial charge in [-0.15, -0.1) is 0 Å². The van der Waals surface area contributed by atoms with Crippen LogP contribution >= 0.6 is 0 Å². The summed E-state index contributed by atoms with van der Waals surface area (Å²) in [6.07, 6.45) is 5.66. The summed E-state index contributed by atoms with van der Waals surface area (Å²) in [6, 6.07) is 8.84. The van der Waals surface area contributed by atoms with E-state index in [1.54, 1.807) is 0 Å². The summed E-state index contributed by atoms with van der Waals surface area (Å²) >= 11 is 0. The van der Waals surface area contributed by atoms with E-state index in [1.165, 1.54) is 11.1 Å². The summed E-state index contributed by atoms with van der Waals surface area (Å²) in [4.78, 5) is 0. The van der Waals surface area contributed by atoms with Gasteiger partial charge >= 0.3 is 0 Å². The molecule has 1 aromatic carbocycles. The summed E-state index contributed by atoms with van der Waals surface area (Å²) in [7, 11) is 0. The maximum atomic E-state index is 2.29. The van der Waals surface area contributed by atoms with Crippen LogP contribution in [-0.4, -0.2) is 0 Å². The van der Waals surface area contributed by atoms with Crippen LogP contribution in [0.1, 0.15) is 45.7 Å². The van der Waals surface area contributed by atoms with Gasteiger partial charge in [0.05, 0.1) is 0 Å². The Balaban J connectivity index is 2.79. The molecule has 0 saturated heterocycles. The van der Waals surface area contributed by atoms with Crippen LogP contribution in [0.5, 0.6) is 0 Å². The highest BCUT2D eigenvalue weighted by Gasteiger charge is 2.03. The molecule has 88 valence electrons. The van der Waals surface area contributed by atoms with Crippen LogP contribution in [0.3, 0.4) is 0 Å². The van der Waals surface area contributed by atoms with E-state index in [2.05, 4.69) is 71.0 Å². The van der Waals surface area contributed by atoms with Crippen molar-refractivity contribution in [1.29, 1.82) is 0 Å². The van der Waals surface area contributed by atoms with Crippen molar-refractivity contribution in [3.8, 4) is 0 Å². The number of rotatable bonds is 3. The Morgan fingerprint density at radius 1 is 1.19 bits per heavy atom. The molecule has 1 aromatic rings. The van der Waals surface area contributed by atoms with E-state index in [1.807, 2.05) is 0 Å². The molecule has 0 aliphatic rings. The fraction of sp³-hybridized carbons (Fsp3) is 0.500. The van der Waals surface area contributed by atoms with Gasteiger partial charge in [-0.1, -0.05) is 71.0 Å². The quantitative estimate of drug-likeness (QED) is 0.671. The zero-order chi connectivity index (χ0) is 12.2. The summed E-state index contributed by atoms with van der Waals surface area (Å²) < 4.78 is 0. The summed E-state index contributed by atoms with van der Waals surface area (Å²) in [5.41, 5.74) is 3.01. The fourth-order valence-electron chi connectivity index (χ4n) is 1.64. The van der Waals surface area contributed by atoms with Crippen molar-refractivity contribution >= 4 is 6.08 Å². The van der Waals surface area contributed by atoms with Crippen molar-refractivity contribution in [3.63, 3.8) is 0 Å². The summed E-state index contributed by atoms with van der Waals surface area (Å²) in [5.74, 6) is 0.724. The zero-order valence-electron chi connectivity index (χ0n) is 11.2. The van der Waals surface area contributed by atoms with Crippen LogP contribution < -0.4 is 0 Å². The molecule has 0 atom stereocenters. The Bertz CT molecular complexity index is 351.